The van der Waals surface area contributed by atoms with E-state index in [1.807, 2.05) is 13.0 Å². The predicted molar refractivity (Wildman–Crippen MR) is 85.3 cm³/mol. The van der Waals surface area contributed by atoms with Crippen molar-refractivity contribution in [3.63, 3.8) is 0 Å². The van der Waals surface area contributed by atoms with E-state index in [9.17, 15) is 4.79 Å². The van der Waals surface area contributed by atoms with Crippen molar-refractivity contribution in [2.24, 2.45) is 0 Å². The van der Waals surface area contributed by atoms with E-state index in [1.54, 1.807) is 12.1 Å². The lowest BCUT2D eigenvalue weighted by Gasteiger charge is -2.16. The Morgan fingerprint density at radius 1 is 1.33 bits per heavy atom. The molecule has 0 bridgehead atoms. The number of benzene rings is 1. The summed E-state index contributed by atoms with van der Waals surface area (Å²) in [6, 6.07) is 6.76. The molecule has 1 fully saturated rings. The molecule has 21 heavy (non-hydrogen) atoms. The van der Waals surface area contributed by atoms with Crippen LogP contribution in [0.3, 0.4) is 0 Å². The van der Waals surface area contributed by atoms with Gasteiger partial charge in [-0.25, -0.2) is 4.98 Å². The van der Waals surface area contributed by atoms with Crippen molar-refractivity contribution in [3.05, 3.63) is 56.1 Å². The van der Waals surface area contributed by atoms with Crippen LogP contribution in [0.4, 0.5) is 5.82 Å². The highest BCUT2D eigenvalue weighted by Crippen LogP contribution is 2.38. The second kappa shape index (κ2) is 5.70. The Labute approximate surface area is 132 Å². The third kappa shape index (κ3) is 3.39. The predicted octanol–water partition coefficient (Wildman–Crippen LogP) is 4.13. The van der Waals surface area contributed by atoms with Gasteiger partial charge in [-0.05, 0) is 37.5 Å². The first kappa shape index (κ1) is 14.4. The third-order valence-corrected chi connectivity index (χ3v) is 4.08. The summed E-state index contributed by atoms with van der Waals surface area (Å²) in [6.07, 6.45) is 2.18. The molecule has 1 atom stereocenters. The zero-order chi connectivity index (χ0) is 15.0. The first-order valence-electron chi connectivity index (χ1n) is 6.85. The Morgan fingerprint density at radius 3 is 2.76 bits per heavy atom. The van der Waals surface area contributed by atoms with Crippen LogP contribution in [0.25, 0.3) is 0 Å². The van der Waals surface area contributed by atoms with Crippen LogP contribution in [0, 0.1) is 0 Å². The van der Waals surface area contributed by atoms with E-state index in [2.05, 4.69) is 15.3 Å². The average Bonchev–Trinajstić information content (AvgIpc) is 3.21. The van der Waals surface area contributed by atoms with E-state index < -0.39 is 0 Å². The monoisotopic (exact) mass is 323 g/mol. The normalized spacial score (nSPS) is 15.8. The molecule has 110 valence electrons. The number of hydrogen-bond donors (Lipinski definition) is 2. The van der Waals surface area contributed by atoms with E-state index >= 15 is 0 Å². The SMILES string of the molecule is CC(Nc1cc(=O)[nH]c(C2CC2)n1)c1ccc(Cl)cc1Cl. The van der Waals surface area contributed by atoms with Crippen molar-refractivity contribution in [3.8, 4) is 0 Å². The quantitative estimate of drug-likeness (QED) is 0.889. The molecule has 1 aromatic carbocycles. The number of H-pyrrole nitrogens is 1. The highest BCUT2D eigenvalue weighted by Gasteiger charge is 2.26. The van der Waals surface area contributed by atoms with Crippen molar-refractivity contribution < 1.29 is 0 Å². The molecule has 2 N–H and O–H groups in total. The van der Waals surface area contributed by atoms with Gasteiger partial charge in [0.1, 0.15) is 11.6 Å². The molecule has 1 heterocycles. The maximum atomic E-state index is 11.7. The van der Waals surface area contributed by atoms with Gasteiger partial charge in [-0.1, -0.05) is 29.3 Å². The first-order valence-corrected chi connectivity index (χ1v) is 7.61. The van der Waals surface area contributed by atoms with Crippen LogP contribution < -0.4 is 10.9 Å². The summed E-state index contributed by atoms with van der Waals surface area (Å²) in [5, 5.41) is 4.41. The maximum Gasteiger partial charge on any atom is 0.252 e. The Hall–Kier alpha value is -1.52. The third-order valence-electron chi connectivity index (χ3n) is 3.52. The highest BCUT2D eigenvalue weighted by atomic mass is 35.5. The van der Waals surface area contributed by atoms with Crippen LogP contribution in [-0.2, 0) is 0 Å². The van der Waals surface area contributed by atoms with Crippen LogP contribution >= 0.6 is 23.2 Å². The van der Waals surface area contributed by atoms with E-state index in [0.29, 0.717) is 21.8 Å². The van der Waals surface area contributed by atoms with Crippen LogP contribution in [0.1, 0.15) is 43.1 Å². The number of halogens is 2. The molecular formula is C15H15Cl2N3O. The molecule has 1 aliphatic rings. The smallest absolute Gasteiger partial charge is 0.252 e. The number of anilines is 1. The number of nitrogens with zero attached hydrogens (tertiary/aromatic N) is 1. The molecule has 1 aromatic heterocycles. The second-order valence-electron chi connectivity index (χ2n) is 5.32. The Kier molecular flexibility index (Phi) is 3.91. The van der Waals surface area contributed by atoms with Gasteiger partial charge >= 0.3 is 0 Å². The fourth-order valence-corrected chi connectivity index (χ4v) is 2.82. The van der Waals surface area contributed by atoms with Gasteiger partial charge in [-0.2, -0.15) is 0 Å². The lowest BCUT2D eigenvalue weighted by atomic mass is 10.1. The van der Waals surface area contributed by atoms with E-state index in [0.717, 1.165) is 24.2 Å². The molecule has 0 saturated heterocycles. The highest BCUT2D eigenvalue weighted by molar-refractivity contribution is 6.35. The molecule has 1 aliphatic carbocycles. The van der Waals surface area contributed by atoms with Crippen molar-refractivity contribution in [2.75, 3.05) is 5.32 Å². The molecule has 3 rings (SSSR count). The van der Waals surface area contributed by atoms with Gasteiger partial charge in [0.05, 0.1) is 6.04 Å². The molecule has 0 radical (unpaired) electrons. The summed E-state index contributed by atoms with van der Waals surface area (Å²) < 4.78 is 0. The first-order chi connectivity index (χ1) is 10.0. The molecule has 0 aliphatic heterocycles. The van der Waals surface area contributed by atoms with Crippen molar-refractivity contribution >= 4 is 29.0 Å². The maximum absolute atomic E-state index is 11.7. The number of hydrogen-bond acceptors (Lipinski definition) is 3. The lowest BCUT2D eigenvalue weighted by molar-refractivity contribution is 0.848. The van der Waals surface area contributed by atoms with Crippen LogP contribution in [-0.4, -0.2) is 9.97 Å². The minimum Gasteiger partial charge on any atom is -0.363 e. The molecule has 1 unspecified atom stereocenters. The average molecular weight is 324 g/mol. The van der Waals surface area contributed by atoms with Gasteiger partial charge in [-0.3, -0.25) is 4.79 Å². The Bertz CT molecular complexity index is 725. The van der Waals surface area contributed by atoms with Crippen LogP contribution in [0.15, 0.2) is 29.1 Å². The topological polar surface area (TPSA) is 57.8 Å². The van der Waals surface area contributed by atoms with Gasteiger partial charge < -0.3 is 10.3 Å². The second-order valence-corrected chi connectivity index (χ2v) is 6.17. The summed E-state index contributed by atoms with van der Waals surface area (Å²) in [4.78, 5) is 19.0. The van der Waals surface area contributed by atoms with Crippen molar-refractivity contribution in [1.82, 2.24) is 9.97 Å². The van der Waals surface area contributed by atoms with E-state index in [-0.39, 0.29) is 11.6 Å². The zero-order valence-electron chi connectivity index (χ0n) is 11.5. The largest absolute Gasteiger partial charge is 0.363 e. The van der Waals surface area contributed by atoms with Gasteiger partial charge in [0.25, 0.3) is 5.56 Å². The fraction of sp³-hybridized carbons (Fsp3) is 0.333. The molecule has 1 saturated carbocycles. The minimum atomic E-state index is -0.135. The lowest BCUT2D eigenvalue weighted by Crippen LogP contribution is -2.15. The molecule has 0 spiro atoms. The zero-order valence-corrected chi connectivity index (χ0v) is 13.0. The Morgan fingerprint density at radius 2 is 2.10 bits per heavy atom. The van der Waals surface area contributed by atoms with Gasteiger partial charge in [0.2, 0.25) is 0 Å². The molecule has 4 nitrogen and oxygen atoms in total. The van der Waals surface area contributed by atoms with E-state index in [1.165, 1.54) is 6.07 Å². The van der Waals surface area contributed by atoms with Gasteiger partial charge in [0.15, 0.2) is 0 Å². The summed E-state index contributed by atoms with van der Waals surface area (Å²) in [5.74, 6) is 1.73. The minimum absolute atomic E-state index is 0.0730. The van der Waals surface area contributed by atoms with Crippen LogP contribution in [0.2, 0.25) is 10.0 Å². The summed E-state index contributed by atoms with van der Waals surface area (Å²) in [7, 11) is 0. The number of aromatic nitrogens is 2. The van der Waals surface area contributed by atoms with E-state index in [4.69, 9.17) is 23.2 Å². The molecule has 0 amide bonds. The molecule has 6 heteroatoms. The summed E-state index contributed by atoms with van der Waals surface area (Å²) in [5.41, 5.74) is 0.778. The van der Waals surface area contributed by atoms with Crippen molar-refractivity contribution in [2.45, 2.75) is 31.7 Å². The summed E-state index contributed by atoms with van der Waals surface area (Å²) >= 11 is 12.1. The Balaban J connectivity index is 1.83. The van der Waals surface area contributed by atoms with Gasteiger partial charge in [0, 0.05) is 22.0 Å². The summed E-state index contributed by atoms with van der Waals surface area (Å²) in [6.45, 7) is 1.97. The number of rotatable bonds is 4. The number of nitrogens with one attached hydrogen (secondary N) is 2. The van der Waals surface area contributed by atoms with Gasteiger partial charge in [-0.15, -0.1) is 0 Å². The standard InChI is InChI=1S/C15H15Cl2N3O/c1-8(11-5-4-10(16)6-12(11)17)18-13-7-14(21)20-15(19-13)9-2-3-9/h4-9H,2-3H2,1H3,(H2,18,19,20,21). The number of aromatic amines is 1. The molecule has 2 aromatic rings. The van der Waals surface area contributed by atoms with Crippen LogP contribution in [0.5, 0.6) is 0 Å². The fourth-order valence-electron chi connectivity index (χ4n) is 2.25. The molecular weight excluding hydrogens is 309 g/mol. The van der Waals surface area contributed by atoms with Crippen molar-refractivity contribution in [1.29, 1.82) is 0 Å².